The number of amides is 1. The Morgan fingerprint density at radius 1 is 1.19 bits per heavy atom. The molecule has 4 rings (SSSR count). The first-order chi connectivity index (χ1) is 15.1. The van der Waals surface area contributed by atoms with Crippen LogP contribution in [0.3, 0.4) is 0 Å². The summed E-state index contributed by atoms with van der Waals surface area (Å²) >= 11 is 1.19. The highest BCUT2D eigenvalue weighted by Gasteiger charge is 2.14. The largest absolute Gasteiger partial charge is 0.497 e. The molecule has 2 aromatic carbocycles. The van der Waals surface area contributed by atoms with Crippen LogP contribution in [0.15, 0.2) is 64.5 Å². The molecule has 2 aromatic heterocycles. The third-order valence-electron chi connectivity index (χ3n) is 4.72. The minimum atomic E-state index is -0.339. The van der Waals surface area contributed by atoms with Crippen LogP contribution in [0, 0.1) is 0 Å². The summed E-state index contributed by atoms with van der Waals surface area (Å²) in [5.41, 5.74) is 3.48. The maximum absolute atomic E-state index is 12.4. The smallest absolute Gasteiger partial charge is 0.290 e. The normalized spacial score (nSPS) is 10.9. The zero-order chi connectivity index (χ0) is 21.8. The Bertz CT molecular complexity index is 1280. The molecular formula is C22H21N5O3S. The van der Waals surface area contributed by atoms with Crippen molar-refractivity contribution in [3.63, 3.8) is 0 Å². The van der Waals surface area contributed by atoms with Crippen LogP contribution in [0.5, 0.6) is 5.75 Å². The number of carbonyl (C=O) groups is 1. The number of carbonyl (C=O) groups excluding carboxylic acids is 1. The number of aromatic amines is 1. The Hall–Kier alpha value is -3.59. The number of aryl methyl sites for hydroxylation is 1. The van der Waals surface area contributed by atoms with Gasteiger partial charge in [0.25, 0.3) is 5.56 Å². The number of rotatable bonds is 7. The van der Waals surface area contributed by atoms with E-state index in [2.05, 4.69) is 27.5 Å². The molecule has 0 aliphatic heterocycles. The number of hydrogen-bond donors (Lipinski definition) is 2. The predicted octanol–water partition coefficient (Wildman–Crippen LogP) is 3.39. The number of ether oxygens (including phenoxy) is 1. The monoisotopic (exact) mass is 435 g/mol. The van der Waals surface area contributed by atoms with Gasteiger partial charge >= 0.3 is 0 Å². The van der Waals surface area contributed by atoms with Crippen molar-refractivity contribution in [3.8, 4) is 17.0 Å². The number of thioether (sulfide) groups is 1. The van der Waals surface area contributed by atoms with E-state index >= 15 is 0 Å². The molecule has 0 aliphatic carbocycles. The maximum atomic E-state index is 12.4. The van der Waals surface area contributed by atoms with Crippen LogP contribution in [-0.2, 0) is 11.2 Å². The van der Waals surface area contributed by atoms with Gasteiger partial charge in [0.15, 0.2) is 0 Å². The lowest BCUT2D eigenvalue weighted by atomic mass is 10.1. The average Bonchev–Trinajstić information content (AvgIpc) is 3.25. The number of hydrogen-bond acceptors (Lipinski definition) is 6. The highest BCUT2D eigenvalue weighted by Crippen LogP contribution is 2.23. The van der Waals surface area contributed by atoms with Crippen LogP contribution in [0.25, 0.3) is 16.8 Å². The van der Waals surface area contributed by atoms with Crippen LogP contribution < -0.4 is 15.6 Å². The Morgan fingerprint density at radius 3 is 2.74 bits per heavy atom. The summed E-state index contributed by atoms with van der Waals surface area (Å²) < 4.78 is 6.64. The molecule has 2 heterocycles. The van der Waals surface area contributed by atoms with Crippen LogP contribution in [0.2, 0.25) is 0 Å². The number of fused-ring (bicyclic) bond motifs is 1. The van der Waals surface area contributed by atoms with Crippen molar-refractivity contribution in [1.82, 2.24) is 19.8 Å². The first-order valence-electron chi connectivity index (χ1n) is 9.72. The molecule has 9 heteroatoms. The fraction of sp³-hybridized carbons (Fsp3) is 0.182. The van der Waals surface area contributed by atoms with E-state index in [1.807, 2.05) is 24.3 Å². The SMILES string of the molecule is CCc1ccc(-c2cc3c(=O)[nH]nc(SCC(=O)Nc4cccc(OC)c4)n3n2)cc1. The molecule has 158 valence electrons. The van der Waals surface area contributed by atoms with Gasteiger partial charge in [0.2, 0.25) is 11.1 Å². The summed E-state index contributed by atoms with van der Waals surface area (Å²) in [7, 11) is 1.57. The van der Waals surface area contributed by atoms with Gasteiger partial charge in [-0.05, 0) is 30.2 Å². The molecule has 0 fully saturated rings. The van der Waals surface area contributed by atoms with E-state index < -0.39 is 0 Å². The molecule has 0 radical (unpaired) electrons. The molecule has 8 nitrogen and oxygen atoms in total. The molecule has 0 saturated carbocycles. The minimum Gasteiger partial charge on any atom is -0.497 e. The van der Waals surface area contributed by atoms with Gasteiger partial charge in [-0.3, -0.25) is 9.59 Å². The van der Waals surface area contributed by atoms with Crippen LogP contribution in [0.1, 0.15) is 12.5 Å². The minimum absolute atomic E-state index is 0.103. The number of H-pyrrole nitrogens is 1. The number of nitrogens with one attached hydrogen (secondary N) is 2. The maximum Gasteiger partial charge on any atom is 0.290 e. The third-order valence-corrected chi connectivity index (χ3v) is 5.65. The quantitative estimate of drug-likeness (QED) is 0.432. The standard InChI is InChI=1S/C22H21N5O3S/c1-3-14-7-9-15(10-8-14)18-12-19-21(29)24-25-22(27(19)26-18)31-13-20(28)23-16-5-4-6-17(11-16)30-2/h4-12H,3,13H2,1-2H3,(H,23,28)(H,24,29). The number of aromatic nitrogens is 4. The van der Waals surface area contributed by atoms with Crippen molar-refractivity contribution in [2.45, 2.75) is 18.5 Å². The van der Waals surface area contributed by atoms with Crippen LogP contribution in [-0.4, -0.2) is 38.6 Å². The average molecular weight is 436 g/mol. The van der Waals surface area contributed by atoms with Crippen molar-refractivity contribution in [2.24, 2.45) is 0 Å². The van der Waals surface area contributed by atoms with E-state index in [-0.39, 0.29) is 17.2 Å². The number of nitrogens with zero attached hydrogens (tertiary/aromatic N) is 3. The summed E-state index contributed by atoms with van der Waals surface area (Å²) in [5, 5.41) is 14.3. The van der Waals surface area contributed by atoms with Gasteiger partial charge < -0.3 is 10.1 Å². The van der Waals surface area contributed by atoms with E-state index in [1.165, 1.54) is 21.8 Å². The lowest BCUT2D eigenvalue weighted by Crippen LogP contribution is -2.17. The lowest BCUT2D eigenvalue weighted by molar-refractivity contribution is -0.113. The molecule has 0 aliphatic rings. The second-order valence-electron chi connectivity index (χ2n) is 6.78. The van der Waals surface area contributed by atoms with Crippen molar-refractivity contribution in [1.29, 1.82) is 0 Å². The van der Waals surface area contributed by atoms with E-state index in [9.17, 15) is 9.59 Å². The van der Waals surface area contributed by atoms with Crippen LogP contribution >= 0.6 is 11.8 Å². The van der Waals surface area contributed by atoms with Crippen molar-refractivity contribution in [2.75, 3.05) is 18.2 Å². The summed E-state index contributed by atoms with van der Waals surface area (Å²) in [6, 6.07) is 16.9. The molecule has 0 saturated heterocycles. The van der Waals surface area contributed by atoms with Crippen molar-refractivity contribution in [3.05, 3.63) is 70.5 Å². The fourth-order valence-corrected chi connectivity index (χ4v) is 3.77. The summed E-state index contributed by atoms with van der Waals surface area (Å²) in [5.74, 6) is 0.554. The van der Waals surface area contributed by atoms with E-state index in [0.29, 0.717) is 27.8 Å². The molecule has 1 amide bonds. The van der Waals surface area contributed by atoms with E-state index in [1.54, 1.807) is 37.4 Å². The predicted molar refractivity (Wildman–Crippen MR) is 121 cm³/mol. The van der Waals surface area contributed by atoms with E-state index in [0.717, 1.165) is 12.0 Å². The third kappa shape index (κ3) is 4.61. The van der Waals surface area contributed by atoms with Gasteiger partial charge in [-0.2, -0.15) is 5.10 Å². The Morgan fingerprint density at radius 2 is 2.00 bits per heavy atom. The topological polar surface area (TPSA) is 101 Å². The van der Waals surface area contributed by atoms with Crippen molar-refractivity contribution >= 4 is 28.9 Å². The zero-order valence-corrected chi connectivity index (χ0v) is 17.9. The number of anilines is 1. The lowest BCUT2D eigenvalue weighted by Gasteiger charge is -2.07. The van der Waals surface area contributed by atoms with Crippen molar-refractivity contribution < 1.29 is 9.53 Å². The zero-order valence-electron chi connectivity index (χ0n) is 17.1. The Labute approximate surface area is 182 Å². The second-order valence-corrected chi connectivity index (χ2v) is 7.72. The highest BCUT2D eigenvalue weighted by atomic mass is 32.2. The summed E-state index contributed by atoms with van der Waals surface area (Å²) in [6.07, 6.45) is 0.952. The molecule has 0 spiro atoms. The molecule has 4 aromatic rings. The number of methoxy groups -OCH3 is 1. The van der Waals surface area contributed by atoms with Gasteiger partial charge in [0, 0.05) is 17.3 Å². The first kappa shape index (κ1) is 20.7. The van der Waals surface area contributed by atoms with Gasteiger partial charge in [-0.1, -0.05) is 49.0 Å². The van der Waals surface area contributed by atoms with Gasteiger partial charge in [-0.15, -0.1) is 5.10 Å². The fourth-order valence-electron chi connectivity index (χ4n) is 3.07. The first-order valence-corrected chi connectivity index (χ1v) is 10.7. The van der Waals surface area contributed by atoms with Gasteiger partial charge in [-0.25, -0.2) is 9.61 Å². The summed E-state index contributed by atoms with van der Waals surface area (Å²) in [6.45, 7) is 2.10. The van der Waals surface area contributed by atoms with Crippen LogP contribution in [0.4, 0.5) is 5.69 Å². The Balaban J connectivity index is 1.53. The molecular weight excluding hydrogens is 414 g/mol. The molecule has 0 unspecified atom stereocenters. The number of benzene rings is 2. The summed E-state index contributed by atoms with van der Waals surface area (Å²) in [4.78, 5) is 24.6. The Kier molecular flexibility index (Phi) is 6.03. The molecule has 31 heavy (non-hydrogen) atoms. The second kappa shape index (κ2) is 9.05. The molecule has 2 N–H and O–H groups in total. The van der Waals surface area contributed by atoms with Gasteiger partial charge in [0.1, 0.15) is 11.3 Å². The highest BCUT2D eigenvalue weighted by molar-refractivity contribution is 7.99. The van der Waals surface area contributed by atoms with Gasteiger partial charge in [0.05, 0.1) is 18.6 Å². The molecule has 0 atom stereocenters. The van der Waals surface area contributed by atoms with E-state index in [4.69, 9.17) is 4.74 Å². The molecule has 0 bridgehead atoms.